The summed E-state index contributed by atoms with van der Waals surface area (Å²) in [6, 6.07) is 7.66. The van der Waals surface area contributed by atoms with Gasteiger partial charge >= 0.3 is 0 Å². The Morgan fingerprint density at radius 3 is 2.42 bits per heavy atom. The van der Waals surface area contributed by atoms with E-state index in [2.05, 4.69) is 11.1 Å². The molecule has 2 N–H and O–H groups in total. The Bertz CT molecular complexity index is 602. The van der Waals surface area contributed by atoms with Gasteiger partial charge in [-0.2, -0.15) is 0 Å². The number of hydrogen-bond donors (Lipinski definition) is 1. The molecular weight excluding hydrogens is 238 g/mol. The highest BCUT2D eigenvalue weighted by molar-refractivity contribution is 6.08. The van der Waals surface area contributed by atoms with E-state index in [1.807, 2.05) is 26.0 Å². The van der Waals surface area contributed by atoms with E-state index in [0.717, 1.165) is 16.8 Å². The molecule has 0 radical (unpaired) electrons. The first-order valence-corrected chi connectivity index (χ1v) is 6.05. The number of nitrogen functional groups attached to an aromatic ring is 1. The number of pyridine rings is 1. The van der Waals surface area contributed by atoms with Gasteiger partial charge in [-0.15, -0.1) is 0 Å². The number of nitrogens with zero attached hydrogens (tertiary/aromatic N) is 2. The molecule has 98 valence electrons. The Labute approximate surface area is 112 Å². The number of carbonyl (C=O) groups excluding carboxylic acids is 1. The number of carbonyl (C=O) groups is 1. The highest BCUT2D eigenvalue weighted by Gasteiger charge is 2.16. The lowest BCUT2D eigenvalue weighted by Gasteiger charge is -2.19. The molecule has 1 amide bonds. The minimum Gasteiger partial charge on any atom is -0.397 e. The minimum atomic E-state index is -0.134. The van der Waals surface area contributed by atoms with Crippen molar-refractivity contribution in [3.8, 4) is 0 Å². The topological polar surface area (TPSA) is 59.2 Å². The van der Waals surface area contributed by atoms with Gasteiger partial charge in [0.2, 0.25) is 0 Å². The van der Waals surface area contributed by atoms with Crippen LogP contribution in [0.2, 0.25) is 0 Å². The first kappa shape index (κ1) is 13.1. The van der Waals surface area contributed by atoms with Crippen molar-refractivity contribution in [1.29, 1.82) is 0 Å². The van der Waals surface area contributed by atoms with Crippen LogP contribution in [0.1, 0.15) is 21.5 Å². The molecule has 1 heterocycles. The van der Waals surface area contributed by atoms with Gasteiger partial charge in [-0.3, -0.25) is 9.78 Å². The lowest BCUT2D eigenvalue weighted by Crippen LogP contribution is -2.27. The van der Waals surface area contributed by atoms with E-state index in [4.69, 9.17) is 5.73 Å². The van der Waals surface area contributed by atoms with Crippen LogP contribution in [0.15, 0.2) is 36.7 Å². The van der Waals surface area contributed by atoms with Gasteiger partial charge in [-0.05, 0) is 43.2 Å². The van der Waals surface area contributed by atoms with Crippen molar-refractivity contribution in [3.05, 3.63) is 53.3 Å². The number of hydrogen-bond acceptors (Lipinski definition) is 3. The SMILES string of the molecule is Cc1cc(C)cc(N(C)C(=O)c2ccncc2N)c1. The largest absolute Gasteiger partial charge is 0.397 e. The van der Waals surface area contributed by atoms with Crippen LogP contribution < -0.4 is 10.6 Å². The second-order valence-electron chi connectivity index (χ2n) is 4.67. The van der Waals surface area contributed by atoms with Crippen molar-refractivity contribution in [2.45, 2.75) is 13.8 Å². The first-order chi connectivity index (χ1) is 8.99. The monoisotopic (exact) mass is 255 g/mol. The van der Waals surface area contributed by atoms with Gasteiger partial charge in [-0.25, -0.2) is 0 Å². The number of nitrogens with two attached hydrogens (primary N) is 1. The summed E-state index contributed by atoms with van der Waals surface area (Å²) < 4.78 is 0. The molecular formula is C15H17N3O. The number of anilines is 2. The van der Waals surface area contributed by atoms with Crippen molar-refractivity contribution in [3.63, 3.8) is 0 Å². The molecule has 0 atom stereocenters. The molecule has 1 aromatic carbocycles. The summed E-state index contributed by atoms with van der Waals surface area (Å²) in [5.41, 5.74) is 9.75. The van der Waals surface area contributed by atoms with Crippen LogP contribution in [0, 0.1) is 13.8 Å². The molecule has 0 bridgehead atoms. The summed E-state index contributed by atoms with van der Waals surface area (Å²) in [6.07, 6.45) is 3.06. The maximum Gasteiger partial charge on any atom is 0.260 e. The third kappa shape index (κ3) is 2.73. The molecule has 1 aromatic heterocycles. The van der Waals surface area contributed by atoms with Crippen LogP contribution in [-0.4, -0.2) is 17.9 Å². The van der Waals surface area contributed by atoms with Crippen molar-refractivity contribution < 1.29 is 4.79 Å². The summed E-state index contributed by atoms with van der Waals surface area (Å²) in [5, 5.41) is 0. The fraction of sp³-hybridized carbons (Fsp3) is 0.200. The van der Waals surface area contributed by atoms with E-state index in [1.165, 1.54) is 6.20 Å². The summed E-state index contributed by atoms with van der Waals surface area (Å²) in [4.78, 5) is 17.9. The summed E-state index contributed by atoms with van der Waals surface area (Å²) >= 11 is 0. The summed E-state index contributed by atoms with van der Waals surface area (Å²) in [5.74, 6) is -0.134. The Balaban J connectivity index is 2.36. The number of aromatic nitrogens is 1. The minimum absolute atomic E-state index is 0.134. The maximum atomic E-state index is 12.4. The van der Waals surface area contributed by atoms with Gasteiger partial charge in [0.15, 0.2) is 0 Å². The quantitative estimate of drug-likeness (QED) is 0.897. The first-order valence-electron chi connectivity index (χ1n) is 6.05. The van der Waals surface area contributed by atoms with Crippen LogP contribution in [0.3, 0.4) is 0 Å². The van der Waals surface area contributed by atoms with Crippen molar-refractivity contribution in [2.24, 2.45) is 0 Å². The molecule has 0 aliphatic heterocycles. The highest BCUT2D eigenvalue weighted by Crippen LogP contribution is 2.21. The van der Waals surface area contributed by atoms with E-state index in [-0.39, 0.29) is 5.91 Å². The molecule has 2 rings (SSSR count). The number of rotatable bonds is 2. The lowest BCUT2D eigenvalue weighted by molar-refractivity contribution is 0.0994. The van der Waals surface area contributed by atoms with E-state index in [9.17, 15) is 4.79 Å². The van der Waals surface area contributed by atoms with E-state index in [1.54, 1.807) is 24.2 Å². The molecule has 0 aliphatic rings. The molecule has 0 unspecified atom stereocenters. The molecule has 0 saturated heterocycles. The van der Waals surface area contributed by atoms with Crippen LogP contribution in [0.4, 0.5) is 11.4 Å². The third-order valence-corrected chi connectivity index (χ3v) is 2.98. The predicted octanol–water partition coefficient (Wildman–Crippen LogP) is 2.56. The van der Waals surface area contributed by atoms with Crippen LogP contribution in [0.25, 0.3) is 0 Å². The average molecular weight is 255 g/mol. The Kier molecular flexibility index (Phi) is 3.51. The number of amides is 1. The molecule has 4 nitrogen and oxygen atoms in total. The average Bonchev–Trinajstić information content (AvgIpc) is 2.36. The number of aryl methyl sites for hydroxylation is 2. The molecule has 2 aromatic rings. The molecule has 0 spiro atoms. The zero-order valence-electron chi connectivity index (χ0n) is 11.3. The van der Waals surface area contributed by atoms with Gasteiger partial charge in [0.1, 0.15) is 0 Å². The van der Waals surface area contributed by atoms with Gasteiger partial charge in [0, 0.05) is 18.9 Å². The van der Waals surface area contributed by atoms with Crippen LogP contribution in [-0.2, 0) is 0 Å². The molecule has 19 heavy (non-hydrogen) atoms. The normalized spacial score (nSPS) is 10.3. The number of benzene rings is 1. The second-order valence-corrected chi connectivity index (χ2v) is 4.67. The van der Waals surface area contributed by atoms with Crippen molar-refractivity contribution >= 4 is 17.3 Å². The van der Waals surface area contributed by atoms with Gasteiger partial charge < -0.3 is 10.6 Å². The van der Waals surface area contributed by atoms with Gasteiger partial charge in [0.05, 0.1) is 17.4 Å². The highest BCUT2D eigenvalue weighted by atomic mass is 16.2. The van der Waals surface area contributed by atoms with Gasteiger partial charge in [-0.1, -0.05) is 6.07 Å². The summed E-state index contributed by atoms with van der Waals surface area (Å²) in [6.45, 7) is 4.02. The van der Waals surface area contributed by atoms with Crippen LogP contribution >= 0.6 is 0 Å². The third-order valence-electron chi connectivity index (χ3n) is 2.98. The Morgan fingerprint density at radius 2 is 1.84 bits per heavy atom. The van der Waals surface area contributed by atoms with E-state index < -0.39 is 0 Å². The predicted molar refractivity (Wildman–Crippen MR) is 77.3 cm³/mol. The molecule has 0 aliphatic carbocycles. The zero-order valence-corrected chi connectivity index (χ0v) is 11.3. The van der Waals surface area contributed by atoms with Crippen molar-refractivity contribution in [2.75, 3.05) is 17.7 Å². The second kappa shape index (κ2) is 5.10. The lowest BCUT2D eigenvalue weighted by atomic mass is 10.1. The molecule has 0 fully saturated rings. The Hall–Kier alpha value is -2.36. The smallest absolute Gasteiger partial charge is 0.260 e. The fourth-order valence-corrected chi connectivity index (χ4v) is 2.04. The maximum absolute atomic E-state index is 12.4. The molecule has 0 saturated carbocycles. The zero-order chi connectivity index (χ0) is 14.0. The summed E-state index contributed by atoms with van der Waals surface area (Å²) in [7, 11) is 1.75. The Morgan fingerprint density at radius 1 is 1.21 bits per heavy atom. The van der Waals surface area contributed by atoms with Gasteiger partial charge in [0.25, 0.3) is 5.91 Å². The molecule has 4 heteroatoms. The van der Waals surface area contributed by atoms with Crippen LogP contribution in [0.5, 0.6) is 0 Å². The van der Waals surface area contributed by atoms with Crippen molar-refractivity contribution in [1.82, 2.24) is 4.98 Å². The standard InChI is InChI=1S/C15H17N3O/c1-10-6-11(2)8-12(7-10)18(3)15(19)13-4-5-17-9-14(13)16/h4-9H,16H2,1-3H3. The fourth-order valence-electron chi connectivity index (χ4n) is 2.04. The van der Waals surface area contributed by atoms with E-state index >= 15 is 0 Å². The van der Waals surface area contributed by atoms with E-state index in [0.29, 0.717) is 11.3 Å².